The zero-order valence-corrected chi connectivity index (χ0v) is 18.9. The van der Waals surface area contributed by atoms with Crippen LogP contribution < -0.4 is 15.4 Å². The van der Waals surface area contributed by atoms with E-state index in [-0.39, 0.29) is 18.2 Å². The largest absolute Gasteiger partial charge is 0.491 e. The Morgan fingerprint density at radius 3 is 2.48 bits per heavy atom. The van der Waals surface area contributed by atoms with Crippen molar-refractivity contribution in [1.82, 2.24) is 14.9 Å². The number of aliphatic hydroxyl groups is 1. The van der Waals surface area contributed by atoms with Crippen LogP contribution in [-0.4, -0.2) is 65.5 Å². The molecule has 9 nitrogen and oxygen atoms in total. The van der Waals surface area contributed by atoms with Gasteiger partial charge in [0.05, 0.1) is 0 Å². The second-order valence-electron chi connectivity index (χ2n) is 7.70. The number of para-hydroxylation sites is 1. The molecule has 1 unspecified atom stereocenters. The van der Waals surface area contributed by atoms with Crippen molar-refractivity contribution in [3.63, 3.8) is 0 Å². The summed E-state index contributed by atoms with van der Waals surface area (Å²) in [6, 6.07) is 18.1. The lowest BCUT2D eigenvalue weighted by atomic mass is 10.3. The van der Waals surface area contributed by atoms with Crippen LogP contribution in [0.5, 0.6) is 5.75 Å². The molecule has 9 heteroatoms. The van der Waals surface area contributed by atoms with Gasteiger partial charge in [-0.15, -0.1) is 0 Å². The molecule has 2 aromatic carbocycles. The number of nitrogens with one attached hydrogen (secondary N) is 2. The number of aromatic nitrogens is 2. The maximum atomic E-state index is 12.5. The van der Waals surface area contributed by atoms with Gasteiger partial charge in [-0.1, -0.05) is 18.2 Å². The predicted molar refractivity (Wildman–Crippen MR) is 127 cm³/mol. The van der Waals surface area contributed by atoms with Crippen LogP contribution in [0.2, 0.25) is 0 Å². The third-order valence-corrected chi connectivity index (χ3v) is 4.42. The first-order chi connectivity index (χ1) is 15.9. The molecule has 0 amide bonds. The highest BCUT2D eigenvalue weighted by Crippen LogP contribution is 2.19. The molecule has 174 valence electrons. The lowest BCUT2D eigenvalue weighted by Crippen LogP contribution is -2.30. The number of ether oxygens (including phenoxy) is 2. The number of hydrogen-bond donors (Lipinski definition) is 3. The van der Waals surface area contributed by atoms with E-state index in [1.54, 1.807) is 31.2 Å². The van der Waals surface area contributed by atoms with Gasteiger partial charge in [0.25, 0.3) is 0 Å². The molecular weight excluding hydrogens is 422 g/mol. The van der Waals surface area contributed by atoms with E-state index in [1.165, 1.54) is 12.3 Å². The van der Waals surface area contributed by atoms with Crippen molar-refractivity contribution in [2.75, 3.05) is 37.9 Å². The molecule has 0 radical (unpaired) electrons. The number of likely N-dealkylation sites (N-methyl/N-ethyl adjacent to an activating group) is 1. The minimum absolute atomic E-state index is 0.143. The third-order valence-electron chi connectivity index (χ3n) is 4.42. The molecule has 3 rings (SSSR count). The molecule has 33 heavy (non-hydrogen) atoms. The summed E-state index contributed by atoms with van der Waals surface area (Å²) in [6.07, 6.45) is 0.388. The Morgan fingerprint density at radius 1 is 1.06 bits per heavy atom. The van der Waals surface area contributed by atoms with Crippen molar-refractivity contribution in [2.24, 2.45) is 0 Å². The average molecular weight is 452 g/mol. The Labute approximate surface area is 193 Å². The highest BCUT2D eigenvalue weighted by Gasteiger charge is 2.14. The summed E-state index contributed by atoms with van der Waals surface area (Å²) in [7, 11) is 3.78. The Bertz CT molecular complexity index is 1010. The van der Waals surface area contributed by atoms with Crippen molar-refractivity contribution < 1.29 is 19.4 Å². The molecular formula is C24H29N5O4. The number of anilines is 3. The maximum absolute atomic E-state index is 12.5. The summed E-state index contributed by atoms with van der Waals surface area (Å²) in [4.78, 5) is 22.8. The standard InChI is InChI=1S/C24H29N5O4/c1-17(26-18-7-5-4-6-8-18)33-23(31)22-13-14-25-24(28-22)27-19-9-11-21(12-10-19)32-16-20(30)15-29(2)3/h4-14,17,20,26,30H,15-16H2,1-3H3,(H,25,27,28)/t17-,20?/m0/s1. The minimum Gasteiger partial charge on any atom is -0.491 e. The summed E-state index contributed by atoms with van der Waals surface area (Å²) in [5, 5.41) is 16.0. The molecule has 1 aromatic heterocycles. The fourth-order valence-corrected chi connectivity index (χ4v) is 2.98. The fourth-order valence-electron chi connectivity index (χ4n) is 2.98. The fraction of sp³-hybridized carbons (Fsp3) is 0.292. The lowest BCUT2D eigenvalue weighted by Gasteiger charge is -2.16. The van der Waals surface area contributed by atoms with Crippen LogP contribution in [-0.2, 0) is 4.74 Å². The number of hydrogen-bond acceptors (Lipinski definition) is 9. The molecule has 0 aliphatic carbocycles. The summed E-state index contributed by atoms with van der Waals surface area (Å²) >= 11 is 0. The van der Waals surface area contributed by atoms with E-state index in [0.29, 0.717) is 12.3 Å². The number of nitrogens with zero attached hydrogens (tertiary/aromatic N) is 3. The van der Waals surface area contributed by atoms with Crippen LogP contribution in [0.25, 0.3) is 0 Å². The summed E-state index contributed by atoms with van der Waals surface area (Å²) in [5.41, 5.74) is 1.72. The molecule has 2 atom stereocenters. The summed E-state index contributed by atoms with van der Waals surface area (Å²) in [6.45, 7) is 2.47. The van der Waals surface area contributed by atoms with Crippen molar-refractivity contribution in [2.45, 2.75) is 19.3 Å². The second-order valence-corrected chi connectivity index (χ2v) is 7.70. The molecule has 0 aliphatic heterocycles. The topological polar surface area (TPSA) is 109 Å². The van der Waals surface area contributed by atoms with Crippen molar-refractivity contribution in [1.29, 1.82) is 0 Å². The van der Waals surface area contributed by atoms with Gasteiger partial charge in [-0.2, -0.15) is 0 Å². The van der Waals surface area contributed by atoms with Crippen LogP contribution >= 0.6 is 0 Å². The second kappa shape index (κ2) is 11.8. The molecule has 0 bridgehead atoms. The van der Waals surface area contributed by atoms with Gasteiger partial charge < -0.3 is 30.1 Å². The zero-order valence-electron chi connectivity index (χ0n) is 18.9. The smallest absolute Gasteiger partial charge is 0.359 e. The first-order valence-corrected chi connectivity index (χ1v) is 10.6. The Kier molecular flexibility index (Phi) is 8.56. The number of carbonyl (C=O) groups excluding carboxylic acids is 1. The van der Waals surface area contributed by atoms with Crippen LogP contribution in [0.15, 0.2) is 66.9 Å². The van der Waals surface area contributed by atoms with E-state index in [0.717, 1.165) is 11.4 Å². The number of aliphatic hydroxyl groups excluding tert-OH is 1. The van der Waals surface area contributed by atoms with Gasteiger partial charge in [0.1, 0.15) is 18.5 Å². The molecule has 0 aliphatic rings. The third kappa shape index (κ3) is 8.06. The van der Waals surface area contributed by atoms with Crippen LogP contribution in [0, 0.1) is 0 Å². The Morgan fingerprint density at radius 2 is 1.79 bits per heavy atom. The average Bonchev–Trinajstić information content (AvgIpc) is 2.79. The van der Waals surface area contributed by atoms with E-state index in [2.05, 4.69) is 20.6 Å². The van der Waals surface area contributed by atoms with E-state index >= 15 is 0 Å². The van der Waals surface area contributed by atoms with Crippen molar-refractivity contribution in [3.05, 3.63) is 72.6 Å². The van der Waals surface area contributed by atoms with Gasteiger partial charge in [-0.25, -0.2) is 14.8 Å². The van der Waals surface area contributed by atoms with E-state index in [4.69, 9.17) is 9.47 Å². The minimum atomic E-state index is -0.570. The first kappa shape index (κ1) is 24.0. The Balaban J connectivity index is 1.53. The zero-order chi connectivity index (χ0) is 23.6. The van der Waals surface area contributed by atoms with Gasteiger partial charge in [0, 0.05) is 24.1 Å². The first-order valence-electron chi connectivity index (χ1n) is 10.6. The summed E-state index contributed by atoms with van der Waals surface area (Å²) < 4.78 is 11.0. The molecule has 0 fully saturated rings. The summed E-state index contributed by atoms with van der Waals surface area (Å²) in [5.74, 6) is 0.344. The number of carbonyl (C=O) groups is 1. The molecule has 3 N–H and O–H groups in total. The van der Waals surface area contributed by atoms with E-state index in [1.807, 2.05) is 49.3 Å². The van der Waals surface area contributed by atoms with Gasteiger partial charge in [-0.05, 0) is 63.5 Å². The lowest BCUT2D eigenvalue weighted by molar-refractivity contribution is 0.0386. The molecule has 0 spiro atoms. The van der Waals surface area contributed by atoms with Crippen LogP contribution in [0.4, 0.5) is 17.3 Å². The normalized spacial score (nSPS) is 12.6. The van der Waals surface area contributed by atoms with Crippen molar-refractivity contribution >= 4 is 23.3 Å². The highest BCUT2D eigenvalue weighted by atomic mass is 16.6. The predicted octanol–water partition coefficient (Wildman–Crippen LogP) is 3.14. The van der Waals surface area contributed by atoms with Gasteiger partial charge in [0.15, 0.2) is 11.9 Å². The van der Waals surface area contributed by atoms with Crippen LogP contribution in [0.3, 0.4) is 0 Å². The number of benzene rings is 2. The monoisotopic (exact) mass is 451 g/mol. The maximum Gasteiger partial charge on any atom is 0.359 e. The van der Waals surface area contributed by atoms with E-state index in [9.17, 15) is 9.90 Å². The molecule has 3 aromatic rings. The van der Waals surface area contributed by atoms with Gasteiger partial charge in [0.2, 0.25) is 5.95 Å². The SMILES string of the molecule is C[C@@H](Nc1ccccc1)OC(=O)c1ccnc(Nc2ccc(OCC(O)CN(C)C)cc2)n1. The van der Waals surface area contributed by atoms with Crippen molar-refractivity contribution in [3.8, 4) is 5.75 Å². The molecule has 0 saturated carbocycles. The molecule has 1 heterocycles. The number of esters is 1. The highest BCUT2D eigenvalue weighted by molar-refractivity contribution is 5.87. The van der Waals surface area contributed by atoms with Gasteiger partial charge in [-0.3, -0.25) is 0 Å². The van der Waals surface area contributed by atoms with Crippen LogP contribution in [0.1, 0.15) is 17.4 Å². The molecule has 0 saturated heterocycles. The number of rotatable bonds is 11. The van der Waals surface area contributed by atoms with Gasteiger partial charge >= 0.3 is 5.97 Å². The van der Waals surface area contributed by atoms with E-state index < -0.39 is 18.3 Å². The quantitative estimate of drug-likeness (QED) is 0.299. The Hall–Kier alpha value is -3.69.